The van der Waals surface area contributed by atoms with Crippen molar-refractivity contribution in [3.05, 3.63) is 88.9 Å². The summed E-state index contributed by atoms with van der Waals surface area (Å²) in [5.41, 5.74) is 6.69. The lowest BCUT2D eigenvalue weighted by atomic mass is 10.0. The van der Waals surface area contributed by atoms with Gasteiger partial charge in [-0.15, -0.1) is 0 Å². The molecule has 0 radical (unpaired) electrons. The van der Waals surface area contributed by atoms with Crippen LogP contribution in [-0.4, -0.2) is 18.2 Å². The Bertz CT molecular complexity index is 1310. The fourth-order valence-electron chi connectivity index (χ4n) is 3.44. The average molecular weight is 438 g/mol. The van der Waals surface area contributed by atoms with Gasteiger partial charge in [0.25, 0.3) is 0 Å². The van der Waals surface area contributed by atoms with E-state index in [0.29, 0.717) is 5.02 Å². The molecule has 0 unspecified atom stereocenters. The minimum Gasteiger partial charge on any atom is -0.232 e. The molecule has 0 amide bonds. The Morgan fingerprint density at radius 1 is 0.833 bits per heavy atom. The predicted molar refractivity (Wildman–Crippen MR) is 120 cm³/mol. The molecule has 0 saturated carbocycles. The molecule has 1 heterocycles. The highest BCUT2D eigenvalue weighted by molar-refractivity contribution is 7.89. The Morgan fingerprint density at radius 2 is 1.43 bits per heavy atom. The van der Waals surface area contributed by atoms with E-state index in [2.05, 4.69) is 32.0 Å². The van der Waals surface area contributed by atoms with E-state index in [-0.39, 0.29) is 4.90 Å². The third-order valence-corrected chi connectivity index (χ3v) is 5.96. The van der Waals surface area contributed by atoms with E-state index in [1.165, 1.54) is 12.1 Å². The summed E-state index contributed by atoms with van der Waals surface area (Å²) in [5, 5.41) is 10.7. The molecule has 0 aliphatic heterocycles. The largest absolute Gasteiger partial charge is 0.238 e. The third kappa shape index (κ3) is 4.16. The van der Waals surface area contributed by atoms with Crippen LogP contribution in [0.25, 0.3) is 28.2 Å². The highest BCUT2D eigenvalue weighted by atomic mass is 35.5. The van der Waals surface area contributed by atoms with Crippen LogP contribution in [0.4, 0.5) is 0 Å². The number of aryl methyl sites for hydroxylation is 2. The summed E-state index contributed by atoms with van der Waals surface area (Å²) in [4.78, 5) is 0.0565. The summed E-state index contributed by atoms with van der Waals surface area (Å²) in [7, 11) is -3.76. The number of benzene rings is 3. The van der Waals surface area contributed by atoms with Gasteiger partial charge in [0.2, 0.25) is 10.0 Å². The first-order chi connectivity index (χ1) is 14.2. The molecule has 1 aromatic heterocycles. The molecule has 152 valence electrons. The summed E-state index contributed by atoms with van der Waals surface area (Å²) >= 11 is 6.06. The van der Waals surface area contributed by atoms with Gasteiger partial charge in [0.1, 0.15) is 0 Å². The normalized spacial score (nSPS) is 11.6. The van der Waals surface area contributed by atoms with Crippen molar-refractivity contribution < 1.29 is 8.42 Å². The molecule has 0 fully saturated rings. The SMILES string of the molecule is Cc1cc(C)cc(-c2cc(-c3ccc(Cl)cc3)n(-c3ccc(S(N)(=O)=O)cc3)n2)c1. The minimum absolute atomic E-state index is 0.0565. The quantitative estimate of drug-likeness (QED) is 0.481. The second kappa shape index (κ2) is 7.72. The number of rotatable bonds is 4. The van der Waals surface area contributed by atoms with Crippen LogP contribution < -0.4 is 5.14 Å². The van der Waals surface area contributed by atoms with Crippen molar-refractivity contribution in [1.29, 1.82) is 0 Å². The van der Waals surface area contributed by atoms with Crippen LogP contribution >= 0.6 is 11.6 Å². The third-order valence-electron chi connectivity index (χ3n) is 4.78. The second-order valence-corrected chi connectivity index (χ2v) is 9.25. The molecular weight excluding hydrogens is 418 g/mol. The average Bonchev–Trinajstić information content (AvgIpc) is 3.13. The molecule has 0 aliphatic rings. The van der Waals surface area contributed by atoms with E-state index in [1.807, 2.05) is 30.3 Å². The summed E-state index contributed by atoms with van der Waals surface area (Å²) in [6.45, 7) is 4.11. The summed E-state index contributed by atoms with van der Waals surface area (Å²) in [6, 6.07) is 22.2. The fraction of sp³-hybridized carbons (Fsp3) is 0.0870. The number of hydrogen-bond donors (Lipinski definition) is 1. The van der Waals surface area contributed by atoms with Gasteiger partial charge >= 0.3 is 0 Å². The van der Waals surface area contributed by atoms with Gasteiger partial charge in [0.05, 0.1) is 22.0 Å². The molecular formula is C23H20ClN3O2S. The topological polar surface area (TPSA) is 78.0 Å². The minimum atomic E-state index is -3.76. The molecule has 0 spiro atoms. The van der Waals surface area contributed by atoms with E-state index >= 15 is 0 Å². The Balaban J connectivity index is 1.89. The van der Waals surface area contributed by atoms with Gasteiger partial charge in [-0.1, -0.05) is 40.9 Å². The molecule has 4 aromatic rings. The van der Waals surface area contributed by atoms with Gasteiger partial charge in [-0.2, -0.15) is 5.10 Å². The lowest BCUT2D eigenvalue weighted by Crippen LogP contribution is -2.12. The molecule has 5 nitrogen and oxygen atoms in total. The van der Waals surface area contributed by atoms with Crippen LogP contribution in [0.3, 0.4) is 0 Å². The number of halogens is 1. The Kier molecular flexibility index (Phi) is 5.24. The molecule has 0 aliphatic carbocycles. The van der Waals surface area contributed by atoms with Crippen molar-refractivity contribution in [2.75, 3.05) is 0 Å². The van der Waals surface area contributed by atoms with Gasteiger partial charge in [0, 0.05) is 16.1 Å². The van der Waals surface area contributed by atoms with Crippen LogP contribution in [0.1, 0.15) is 11.1 Å². The van der Waals surface area contributed by atoms with E-state index in [4.69, 9.17) is 21.8 Å². The zero-order chi connectivity index (χ0) is 21.5. The predicted octanol–water partition coefficient (Wildman–Crippen LogP) is 5.12. The van der Waals surface area contributed by atoms with Gasteiger partial charge in [-0.25, -0.2) is 18.2 Å². The smallest absolute Gasteiger partial charge is 0.232 e. The highest BCUT2D eigenvalue weighted by Crippen LogP contribution is 2.30. The number of hydrogen-bond acceptors (Lipinski definition) is 3. The summed E-state index contributed by atoms with van der Waals surface area (Å²) in [5.74, 6) is 0. The van der Waals surface area contributed by atoms with Gasteiger partial charge in [-0.05, 0) is 68.4 Å². The van der Waals surface area contributed by atoms with Crippen LogP contribution in [0, 0.1) is 13.8 Å². The van der Waals surface area contributed by atoms with Gasteiger partial charge in [0.15, 0.2) is 0 Å². The van der Waals surface area contributed by atoms with Crippen LogP contribution in [0.5, 0.6) is 0 Å². The molecule has 0 saturated heterocycles. The van der Waals surface area contributed by atoms with Crippen LogP contribution in [-0.2, 0) is 10.0 Å². The van der Waals surface area contributed by atoms with Crippen molar-refractivity contribution in [3.8, 4) is 28.2 Å². The van der Waals surface area contributed by atoms with Crippen molar-refractivity contribution in [3.63, 3.8) is 0 Å². The standard InChI is InChI=1S/C23H20ClN3O2S/c1-15-11-16(2)13-18(12-15)22-14-23(17-3-5-19(24)6-4-17)27(26-22)20-7-9-21(10-8-20)30(25,28)29/h3-14H,1-2H3,(H2,25,28,29). The number of nitrogens with zero attached hydrogens (tertiary/aromatic N) is 2. The maximum atomic E-state index is 11.6. The molecule has 0 bridgehead atoms. The first-order valence-corrected chi connectivity index (χ1v) is 11.2. The molecule has 0 atom stereocenters. The van der Waals surface area contributed by atoms with Crippen molar-refractivity contribution in [2.24, 2.45) is 5.14 Å². The molecule has 30 heavy (non-hydrogen) atoms. The lowest BCUT2D eigenvalue weighted by molar-refractivity contribution is 0.598. The Hall–Kier alpha value is -2.93. The number of aromatic nitrogens is 2. The first kappa shape index (κ1) is 20.3. The van der Waals surface area contributed by atoms with Crippen LogP contribution in [0.2, 0.25) is 5.02 Å². The molecule has 2 N–H and O–H groups in total. The van der Waals surface area contributed by atoms with Crippen molar-refractivity contribution in [1.82, 2.24) is 9.78 Å². The van der Waals surface area contributed by atoms with Crippen LogP contribution in [0.15, 0.2) is 77.7 Å². The highest BCUT2D eigenvalue weighted by Gasteiger charge is 2.15. The van der Waals surface area contributed by atoms with E-state index in [1.54, 1.807) is 16.8 Å². The van der Waals surface area contributed by atoms with Crippen molar-refractivity contribution >= 4 is 21.6 Å². The summed E-state index contributed by atoms with van der Waals surface area (Å²) < 4.78 is 25.0. The van der Waals surface area contributed by atoms with E-state index < -0.39 is 10.0 Å². The Morgan fingerprint density at radius 3 is 2.00 bits per heavy atom. The van der Waals surface area contributed by atoms with Crippen molar-refractivity contribution in [2.45, 2.75) is 18.7 Å². The zero-order valence-electron chi connectivity index (χ0n) is 16.5. The first-order valence-electron chi connectivity index (χ1n) is 9.29. The molecule has 3 aromatic carbocycles. The number of sulfonamides is 1. The Labute approximate surface area is 180 Å². The zero-order valence-corrected chi connectivity index (χ0v) is 18.1. The summed E-state index contributed by atoms with van der Waals surface area (Å²) in [6.07, 6.45) is 0. The molecule has 4 rings (SSSR count). The lowest BCUT2D eigenvalue weighted by Gasteiger charge is -2.08. The maximum absolute atomic E-state index is 11.6. The number of nitrogens with two attached hydrogens (primary N) is 1. The monoisotopic (exact) mass is 437 g/mol. The molecule has 7 heteroatoms. The number of primary sulfonamides is 1. The van der Waals surface area contributed by atoms with E-state index in [0.717, 1.165) is 39.3 Å². The van der Waals surface area contributed by atoms with Gasteiger partial charge in [-0.3, -0.25) is 0 Å². The fourth-order valence-corrected chi connectivity index (χ4v) is 4.09. The second-order valence-electron chi connectivity index (χ2n) is 7.25. The maximum Gasteiger partial charge on any atom is 0.238 e. The van der Waals surface area contributed by atoms with E-state index in [9.17, 15) is 8.42 Å². The van der Waals surface area contributed by atoms with Gasteiger partial charge < -0.3 is 0 Å².